The first-order chi connectivity index (χ1) is 4.41. The van der Waals surface area contributed by atoms with Gasteiger partial charge in [0, 0.05) is 12.4 Å². The van der Waals surface area contributed by atoms with E-state index in [1.54, 1.807) is 5.43 Å². The molecule has 0 radical (unpaired) electrons. The zero-order valence-corrected chi connectivity index (χ0v) is 4.87. The van der Waals surface area contributed by atoms with E-state index in [0.29, 0.717) is 6.41 Å². The molecule has 0 fully saturated rings. The van der Waals surface area contributed by atoms with Crippen LogP contribution in [0.15, 0.2) is 24.5 Å². The van der Waals surface area contributed by atoms with E-state index in [2.05, 4.69) is 10.8 Å². The van der Waals surface area contributed by atoms with Crippen LogP contribution in [0.5, 0.6) is 0 Å². The Kier molecular flexibility index (Phi) is 5.75. The fourth-order valence-corrected chi connectivity index (χ4v) is 0.278. The fraction of sp³-hybridized carbons (Fsp3) is 0. The molecule has 0 unspecified atom stereocenters. The quantitative estimate of drug-likeness (QED) is 0.208. The van der Waals surface area contributed by atoms with Gasteiger partial charge in [-0.05, 0) is 12.1 Å². The fourth-order valence-electron chi connectivity index (χ4n) is 0.278. The van der Waals surface area contributed by atoms with Crippen LogP contribution in [0.4, 0.5) is 0 Å². The predicted molar refractivity (Wildman–Crippen MR) is 34.2 cm³/mol. The van der Waals surface area contributed by atoms with Gasteiger partial charge in [-0.25, -0.2) is 5.84 Å². The van der Waals surface area contributed by atoms with Crippen LogP contribution in [0.2, 0.25) is 0 Å². The lowest BCUT2D eigenvalue weighted by Gasteiger charge is -1.66. The molecule has 0 aliphatic heterocycles. The molecule has 0 spiro atoms. The van der Waals surface area contributed by atoms with E-state index in [1.807, 2.05) is 24.5 Å². The second-order valence-electron chi connectivity index (χ2n) is 1.17. The first-order valence-corrected chi connectivity index (χ1v) is 2.39. The molecule has 0 atom stereocenters. The summed E-state index contributed by atoms with van der Waals surface area (Å²) in [6, 6.07) is 3.89. The van der Waals surface area contributed by atoms with E-state index < -0.39 is 0 Å². The third-order valence-electron chi connectivity index (χ3n) is 0.564. The van der Waals surface area contributed by atoms with E-state index >= 15 is 0 Å². The number of carbonyl (C=O) groups is 1. The number of nitrogens with one attached hydrogen (secondary N) is 2. The van der Waals surface area contributed by atoms with Crippen LogP contribution in [0, 0.1) is 0 Å². The average molecular weight is 127 g/mol. The molecule has 1 aromatic heterocycles. The van der Waals surface area contributed by atoms with Gasteiger partial charge in [0.2, 0.25) is 6.41 Å². The highest BCUT2D eigenvalue weighted by Gasteiger charge is 1.55. The summed E-state index contributed by atoms with van der Waals surface area (Å²) in [6.07, 6.45) is 4.15. The minimum atomic E-state index is 0.403. The van der Waals surface area contributed by atoms with Crippen molar-refractivity contribution in [3.05, 3.63) is 24.5 Å². The van der Waals surface area contributed by atoms with Crippen LogP contribution in [-0.4, -0.2) is 11.4 Å². The third-order valence-corrected chi connectivity index (χ3v) is 0.564. The van der Waals surface area contributed by atoms with Gasteiger partial charge in [-0.1, -0.05) is 0 Å². The zero-order valence-electron chi connectivity index (χ0n) is 4.87. The number of amides is 1. The number of aromatic amines is 1. The van der Waals surface area contributed by atoms with Crippen LogP contribution < -0.4 is 11.3 Å². The maximum absolute atomic E-state index is 8.94. The number of rotatable bonds is 1. The van der Waals surface area contributed by atoms with Gasteiger partial charge < -0.3 is 4.98 Å². The van der Waals surface area contributed by atoms with Crippen LogP contribution >= 0.6 is 0 Å². The summed E-state index contributed by atoms with van der Waals surface area (Å²) < 4.78 is 0. The average Bonchev–Trinajstić information content (AvgIpc) is 2.43. The summed E-state index contributed by atoms with van der Waals surface area (Å²) >= 11 is 0. The molecule has 50 valence electrons. The second kappa shape index (κ2) is 6.71. The molecule has 4 nitrogen and oxygen atoms in total. The Balaban J connectivity index is 0.000000148. The van der Waals surface area contributed by atoms with Crippen LogP contribution in [0.3, 0.4) is 0 Å². The summed E-state index contributed by atoms with van der Waals surface area (Å²) in [5.41, 5.74) is 1.75. The maximum Gasteiger partial charge on any atom is 0.221 e. The molecule has 0 saturated heterocycles. The van der Waals surface area contributed by atoms with Crippen molar-refractivity contribution in [3.63, 3.8) is 0 Å². The van der Waals surface area contributed by atoms with Crippen molar-refractivity contribution in [1.82, 2.24) is 10.4 Å². The Morgan fingerprint density at radius 3 is 2.00 bits per heavy atom. The van der Waals surface area contributed by atoms with Gasteiger partial charge in [0.1, 0.15) is 0 Å². The van der Waals surface area contributed by atoms with Crippen molar-refractivity contribution in [2.24, 2.45) is 5.84 Å². The van der Waals surface area contributed by atoms with Crippen molar-refractivity contribution >= 4 is 6.41 Å². The molecule has 0 bridgehead atoms. The minimum absolute atomic E-state index is 0.403. The van der Waals surface area contributed by atoms with Crippen LogP contribution in [-0.2, 0) is 4.79 Å². The zero-order chi connectivity index (χ0) is 6.95. The predicted octanol–water partition coefficient (Wildman–Crippen LogP) is -0.379. The molecule has 0 aromatic carbocycles. The van der Waals surface area contributed by atoms with Gasteiger partial charge >= 0.3 is 0 Å². The summed E-state index contributed by atoms with van der Waals surface area (Å²) in [4.78, 5) is 11.8. The standard InChI is InChI=1S/C4H5N.CH4N2O/c1-2-4-5-3-1;2-3-1-4/h1-5H;1H,2H2,(H,3,4). The summed E-state index contributed by atoms with van der Waals surface area (Å²) in [5.74, 6) is 4.41. The Morgan fingerprint density at radius 2 is 1.89 bits per heavy atom. The largest absolute Gasteiger partial charge is 0.368 e. The van der Waals surface area contributed by atoms with Gasteiger partial charge in [-0.3, -0.25) is 10.2 Å². The van der Waals surface area contributed by atoms with Gasteiger partial charge in [-0.2, -0.15) is 0 Å². The maximum atomic E-state index is 8.94. The normalized spacial score (nSPS) is 6.78. The van der Waals surface area contributed by atoms with E-state index in [9.17, 15) is 0 Å². The number of H-pyrrole nitrogens is 1. The van der Waals surface area contributed by atoms with Gasteiger partial charge in [0.05, 0.1) is 0 Å². The van der Waals surface area contributed by atoms with Crippen molar-refractivity contribution < 1.29 is 4.79 Å². The number of aromatic nitrogens is 1. The lowest BCUT2D eigenvalue weighted by Crippen LogP contribution is -2.18. The van der Waals surface area contributed by atoms with E-state index in [0.717, 1.165) is 0 Å². The lowest BCUT2D eigenvalue weighted by molar-refractivity contribution is -0.109. The lowest BCUT2D eigenvalue weighted by atomic mass is 10.7. The first kappa shape index (κ1) is 7.71. The van der Waals surface area contributed by atoms with E-state index in [4.69, 9.17) is 4.79 Å². The van der Waals surface area contributed by atoms with Crippen molar-refractivity contribution in [1.29, 1.82) is 0 Å². The van der Waals surface area contributed by atoms with Gasteiger partial charge in [0.15, 0.2) is 0 Å². The summed E-state index contributed by atoms with van der Waals surface area (Å²) in [6.45, 7) is 0. The minimum Gasteiger partial charge on any atom is -0.368 e. The topological polar surface area (TPSA) is 70.9 Å². The molecule has 1 rings (SSSR count). The molecule has 1 amide bonds. The molecule has 0 aliphatic rings. The number of hydrazine groups is 1. The van der Waals surface area contributed by atoms with E-state index in [-0.39, 0.29) is 0 Å². The van der Waals surface area contributed by atoms with Gasteiger partial charge in [0.25, 0.3) is 0 Å². The number of hydrogen-bond donors (Lipinski definition) is 3. The number of hydrogen-bond acceptors (Lipinski definition) is 2. The summed E-state index contributed by atoms with van der Waals surface area (Å²) in [5, 5.41) is 0. The monoisotopic (exact) mass is 127 g/mol. The highest BCUT2D eigenvalue weighted by Crippen LogP contribution is 1.72. The van der Waals surface area contributed by atoms with Crippen molar-refractivity contribution in [2.75, 3.05) is 0 Å². The molecule has 4 heteroatoms. The Labute approximate surface area is 53.0 Å². The second-order valence-corrected chi connectivity index (χ2v) is 1.17. The first-order valence-electron chi connectivity index (χ1n) is 2.39. The Bertz CT molecular complexity index is 110. The molecule has 1 heterocycles. The number of carbonyl (C=O) groups excluding carboxylic acids is 1. The molecular weight excluding hydrogens is 118 g/mol. The molecule has 0 saturated carbocycles. The smallest absolute Gasteiger partial charge is 0.221 e. The van der Waals surface area contributed by atoms with Crippen molar-refractivity contribution in [2.45, 2.75) is 0 Å². The number of nitrogens with two attached hydrogens (primary N) is 1. The SMILES string of the molecule is NNC=O.c1cc[nH]c1. The third kappa shape index (κ3) is 6.71. The van der Waals surface area contributed by atoms with Crippen molar-refractivity contribution in [3.8, 4) is 0 Å². The summed E-state index contributed by atoms with van der Waals surface area (Å²) in [7, 11) is 0. The van der Waals surface area contributed by atoms with E-state index in [1.165, 1.54) is 0 Å². The highest BCUT2D eigenvalue weighted by molar-refractivity contribution is 5.44. The molecule has 1 aromatic rings. The molecule has 9 heavy (non-hydrogen) atoms. The Morgan fingerprint density at radius 1 is 1.44 bits per heavy atom. The highest BCUT2D eigenvalue weighted by atomic mass is 16.1. The molecular formula is C5H9N3O. The molecule has 4 N–H and O–H groups in total. The Hall–Kier alpha value is -1.29. The van der Waals surface area contributed by atoms with Gasteiger partial charge in [-0.15, -0.1) is 0 Å². The molecule has 0 aliphatic carbocycles. The van der Waals surface area contributed by atoms with Crippen LogP contribution in [0.1, 0.15) is 0 Å². The van der Waals surface area contributed by atoms with Crippen LogP contribution in [0.25, 0.3) is 0 Å².